The number of hydrogen-bond acceptors (Lipinski definition) is 3. The highest BCUT2D eigenvalue weighted by atomic mass is 127. The summed E-state index contributed by atoms with van der Waals surface area (Å²) in [6, 6.07) is 9.18. The number of fused-ring (bicyclic) bond motifs is 1. The van der Waals surface area contributed by atoms with Gasteiger partial charge in [0.2, 0.25) is 0 Å². The van der Waals surface area contributed by atoms with Gasteiger partial charge in [-0.1, -0.05) is 24.3 Å². The van der Waals surface area contributed by atoms with E-state index in [-0.39, 0.29) is 24.0 Å². The van der Waals surface area contributed by atoms with Crippen molar-refractivity contribution in [1.29, 1.82) is 0 Å². The molecule has 6 heteroatoms. The van der Waals surface area contributed by atoms with Gasteiger partial charge >= 0.3 is 0 Å². The van der Waals surface area contributed by atoms with E-state index < -0.39 is 0 Å². The maximum Gasteiger partial charge on any atom is 0.191 e. The van der Waals surface area contributed by atoms with E-state index >= 15 is 0 Å². The largest absolute Gasteiger partial charge is 0.353 e. The lowest BCUT2D eigenvalue weighted by molar-refractivity contribution is 0.520. The number of halogens is 1. The van der Waals surface area contributed by atoms with Gasteiger partial charge in [0, 0.05) is 24.2 Å². The molecule has 4 nitrogen and oxygen atoms in total. The zero-order valence-corrected chi connectivity index (χ0v) is 16.7. The van der Waals surface area contributed by atoms with Crippen molar-refractivity contribution in [1.82, 2.24) is 15.6 Å². The van der Waals surface area contributed by atoms with Gasteiger partial charge in [-0.05, 0) is 37.3 Å². The van der Waals surface area contributed by atoms with Crippen LogP contribution < -0.4 is 10.6 Å². The lowest BCUT2D eigenvalue weighted by atomic mass is 9.88. The molecule has 0 amide bonds. The number of nitrogens with zero attached hydrogens (tertiary/aromatic N) is 2. The van der Waals surface area contributed by atoms with E-state index in [2.05, 4.69) is 44.9 Å². The molecule has 0 aliphatic heterocycles. The standard InChI is InChI=1S/C17H22N4S.HI/c1-12-19-10-16(22-12)11-20-17(18-2)21-15-8-7-13-5-3-4-6-14(13)9-15;/h3-6,10,15H,7-9,11H2,1-2H3,(H2,18,20,21);1H. The summed E-state index contributed by atoms with van der Waals surface area (Å²) in [5.41, 5.74) is 2.95. The minimum Gasteiger partial charge on any atom is -0.353 e. The van der Waals surface area contributed by atoms with Gasteiger partial charge < -0.3 is 10.6 Å². The average molecular weight is 442 g/mol. The number of aromatic nitrogens is 1. The van der Waals surface area contributed by atoms with Crippen molar-refractivity contribution >= 4 is 41.3 Å². The maximum absolute atomic E-state index is 4.34. The van der Waals surface area contributed by atoms with Crippen LogP contribution in [0.3, 0.4) is 0 Å². The van der Waals surface area contributed by atoms with Gasteiger partial charge in [-0.3, -0.25) is 4.99 Å². The Morgan fingerprint density at radius 1 is 1.35 bits per heavy atom. The molecule has 0 saturated heterocycles. The number of rotatable bonds is 3. The number of aryl methyl sites for hydroxylation is 2. The number of benzene rings is 1. The van der Waals surface area contributed by atoms with Crippen LogP contribution in [0.15, 0.2) is 35.5 Å². The van der Waals surface area contributed by atoms with Gasteiger partial charge in [0.25, 0.3) is 0 Å². The molecule has 1 aliphatic rings. The first-order chi connectivity index (χ1) is 10.7. The molecule has 2 aromatic rings. The van der Waals surface area contributed by atoms with E-state index in [9.17, 15) is 0 Å². The first kappa shape index (κ1) is 18.2. The third-order valence-electron chi connectivity index (χ3n) is 4.01. The maximum atomic E-state index is 4.34. The quantitative estimate of drug-likeness (QED) is 0.436. The first-order valence-electron chi connectivity index (χ1n) is 7.70. The second kappa shape index (κ2) is 8.63. The van der Waals surface area contributed by atoms with Crippen LogP contribution in [0.5, 0.6) is 0 Å². The van der Waals surface area contributed by atoms with Crippen LogP contribution in [0.4, 0.5) is 0 Å². The van der Waals surface area contributed by atoms with Crippen LogP contribution in [0.25, 0.3) is 0 Å². The third kappa shape index (κ3) is 4.91. The van der Waals surface area contributed by atoms with Crippen LogP contribution in [0.1, 0.15) is 27.4 Å². The molecule has 3 rings (SSSR count). The van der Waals surface area contributed by atoms with Gasteiger partial charge in [0.15, 0.2) is 5.96 Å². The molecule has 1 heterocycles. The Labute approximate surface area is 158 Å². The topological polar surface area (TPSA) is 49.3 Å². The van der Waals surface area contributed by atoms with E-state index in [4.69, 9.17) is 0 Å². The monoisotopic (exact) mass is 442 g/mol. The van der Waals surface area contributed by atoms with E-state index in [0.29, 0.717) is 6.04 Å². The van der Waals surface area contributed by atoms with Crippen molar-refractivity contribution in [2.75, 3.05) is 7.05 Å². The zero-order chi connectivity index (χ0) is 15.4. The van der Waals surface area contributed by atoms with Crippen LogP contribution in [-0.2, 0) is 19.4 Å². The second-order valence-electron chi connectivity index (χ2n) is 5.62. The highest BCUT2D eigenvalue weighted by Crippen LogP contribution is 2.21. The summed E-state index contributed by atoms with van der Waals surface area (Å²) in [5, 5.41) is 8.03. The summed E-state index contributed by atoms with van der Waals surface area (Å²) in [5.74, 6) is 0.871. The van der Waals surface area contributed by atoms with Crippen molar-refractivity contribution in [2.24, 2.45) is 4.99 Å². The SMILES string of the molecule is CN=C(NCc1cnc(C)s1)NC1CCc2ccccc2C1.I. The number of aliphatic imine (C=N–C) groups is 1. The van der Waals surface area contributed by atoms with Crippen molar-refractivity contribution in [3.8, 4) is 0 Å². The second-order valence-corrected chi connectivity index (χ2v) is 6.94. The fraction of sp³-hybridized carbons (Fsp3) is 0.412. The fourth-order valence-electron chi connectivity index (χ4n) is 2.87. The van der Waals surface area contributed by atoms with Crippen LogP contribution in [0.2, 0.25) is 0 Å². The van der Waals surface area contributed by atoms with Gasteiger partial charge in [0.1, 0.15) is 0 Å². The van der Waals surface area contributed by atoms with Gasteiger partial charge in [-0.2, -0.15) is 0 Å². The molecule has 1 aromatic heterocycles. The highest BCUT2D eigenvalue weighted by Gasteiger charge is 2.18. The van der Waals surface area contributed by atoms with Crippen LogP contribution in [0, 0.1) is 6.92 Å². The molecular formula is C17H23IN4S. The lowest BCUT2D eigenvalue weighted by Crippen LogP contribution is -2.45. The molecule has 1 atom stereocenters. The van der Waals surface area contributed by atoms with E-state index in [0.717, 1.165) is 36.8 Å². The average Bonchev–Trinajstić information content (AvgIpc) is 2.96. The Hall–Kier alpha value is -1.15. The first-order valence-corrected chi connectivity index (χ1v) is 8.51. The molecule has 0 spiro atoms. The minimum atomic E-state index is 0. The van der Waals surface area contributed by atoms with Crippen LogP contribution in [-0.4, -0.2) is 24.0 Å². The van der Waals surface area contributed by atoms with Crippen molar-refractivity contribution in [2.45, 2.75) is 38.8 Å². The van der Waals surface area contributed by atoms with Crippen LogP contribution >= 0.6 is 35.3 Å². The van der Waals surface area contributed by atoms with E-state index in [1.165, 1.54) is 16.0 Å². The van der Waals surface area contributed by atoms with E-state index in [1.807, 2.05) is 20.2 Å². The summed E-state index contributed by atoms with van der Waals surface area (Å²) < 4.78 is 0. The van der Waals surface area contributed by atoms with Gasteiger partial charge in [-0.25, -0.2) is 4.98 Å². The van der Waals surface area contributed by atoms with Crippen molar-refractivity contribution in [3.63, 3.8) is 0 Å². The Balaban J connectivity index is 0.00000192. The molecule has 0 radical (unpaired) electrons. The summed E-state index contributed by atoms with van der Waals surface area (Å²) in [6.45, 7) is 2.80. The molecule has 2 N–H and O–H groups in total. The summed E-state index contributed by atoms with van der Waals surface area (Å²) in [7, 11) is 1.82. The molecule has 0 saturated carbocycles. The number of nitrogens with one attached hydrogen (secondary N) is 2. The lowest BCUT2D eigenvalue weighted by Gasteiger charge is -2.27. The van der Waals surface area contributed by atoms with Gasteiger partial charge in [-0.15, -0.1) is 35.3 Å². The van der Waals surface area contributed by atoms with Gasteiger partial charge in [0.05, 0.1) is 11.6 Å². The molecule has 124 valence electrons. The normalized spacial score (nSPS) is 17.1. The summed E-state index contributed by atoms with van der Waals surface area (Å²) >= 11 is 1.72. The molecule has 1 aliphatic carbocycles. The molecule has 0 fully saturated rings. The molecule has 1 unspecified atom stereocenters. The number of hydrogen-bond donors (Lipinski definition) is 2. The van der Waals surface area contributed by atoms with Crippen molar-refractivity contribution < 1.29 is 0 Å². The molecular weight excluding hydrogens is 419 g/mol. The Kier molecular flexibility index (Phi) is 6.83. The fourth-order valence-corrected chi connectivity index (χ4v) is 3.60. The molecule has 23 heavy (non-hydrogen) atoms. The number of thiazole rings is 1. The Bertz CT molecular complexity index is 668. The molecule has 1 aromatic carbocycles. The van der Waals surface area contributed by atoms with E-state index in [1.54, 1.807) is 11.3 Å². The third-order valence-corrected chi connectivity index (χ3v) is 4.92. The Morgan fingerprint density at radius 2 is 2.13 bits per heavy atom. The number of guanidine groups is 1. The van der Waals surface area contributed by atoms with Crippen molar-refractivity contribution in [3.05, 3.63) is 51.5 Å². The predicted molar refractivity (Wildman–Crippen MR) is 108 cm³/mol. The zero-order valence-electron chi connectivity index (χ0n) is 13.5. The Morgan fingerprint density at radius 3 is 2.83 bits per heavy atom. The predicted octanol–water partition coefficient (Wildman–Crippen LogP) is 3.29. The molecule has 0 bridgehead atoms. The smallest absolute Gasteiger partial charge is 0.191 e. The minimum absolute atomic E-state index is 0. The summed E-state index contributed by atoms with van der Waals surface area (Å²) in [4.78, 5) is 9.85. The highest BCUT2D eigenvalue weighted by molar-refractivity contribution is 14.0. The summed E-state index contributed by atoms with van der Waals surface area (Å²) in [6.07, 6.45) is 5.28.